The molecular formula is C36H47N5O12. The number of aliphatic hydroxyl groups is 1. The SMILES string of the molecule is CN(C)c1cc(NC(=O)CN(C(=O)OCOC(=O)C2CCC2)C(C)(C)C)c(O)c2c1C[C@H]1C[C@H]3[C@H](N(C)C)C(=O)C(C(N)=O)C(=O)[C@@]3(O)C(=O)C1C2=O. The number of fused-ring (bicyclic) bond motifs is 3. The second kappa shape index (κ2) is 14.2. The molecule has 0 aromatic heterocycles. The number of likely N-dealkylation sites (N-methyl/N-ethyl adjacent to an activating group) is 1. The maximum atomic E-state index is 14.3. The van der Waals surface area contributed by atoms with Gasteiger partial charge in [0, 0.05) is 31.2 Å². The molecule has 17 nitrogen and oxygen atoms in total. The molecule has 0 bridgehead atoms. The Kier molecular flexibility index (Phi) is 10.5. The van der Waals surface area contributed by atoms with E-state index < -0.39 is 107 Å². The minimum Gasteiger partial charge on any atom is -0.505 e. The molecule has 53 heavy (non-hydrogen) atoms. The first-order valence-corrected chi connectivity index (χ1v) is 17.4. The summed E-state index contributed by atoms with van der Waals surface area (Å²) < 4.78 is 10.2. The number of hydrogen-bond acceptors (Lipinski definition) is 14. The lowest BCUT2D eigenvalue weighted by Gasteiger charge is -2.52. The van der Waals surface area contributed by atoms with Crippen LogP contribution < -0.4 is 16.0 Å². The van der Waals surface area contributed by atoms with E-state index in [4.69, 9.17) is 15.2 Å². The van der Waals surface area contributed by atoms with Crippen LogP contribution in [0.15, 0.2) is 6.07 Å². The second-order valence-electron chi connectivity index (χ2n) is 15.8. The number of benzene rings is 1. The summed E-state index contributed by atoms with van der Waals surface area (Å²) in [4.78, 5) is 110. The van der Waals surface area contributed by atoms with Crippen LogP contribution in [0, 0.1) is 29.6 Å². The van der Waals surface area contributed by atoms with Crippen molar-refractivity contribution in [1.82, 2.24) is 9.80 Å². The summed E-state index contributed by atoms with van der Waals surface area (Å²) >= 11 is 0. The van der Waals surface area contributed by atoms with Crippen LogP contribution in [0.2, 0.25) is 0 Å². The molecule has 17 heteroatoms. The fraction of sp³-hybridized carbons (Fsp3) is 0.611. The Morgan fingerprint density at radius 2 is 1.66 bits per heavy atom. The predicted octanol–water partition coefficient (Wildman–Crippen LogP) is 0.409. The highest BCUT2D eigenvalue weighted by Crippen LogP contribution is 2.52. The van der Waals surface area contributed by atoms with Crippen molar-refractivity contribution in [2.45, 2.75) is 70.1 Å². The molecule has 1 aromatic carbocycles. The van der Waals surface area contributed by atoms with Crippen LogP contribution in [-0.4, -0.2) is 126 Å². The van der Waals surface area contributed by atoms with Crippen molar-refractivity contribution in [2.75, 3.05) is 51.7 Å². The lowest BCUT2D eigenvalue weighted by molar-refractivity contribution is -0.181. The first-order chi connectivity index (χ1) is 24.6. The third kappa shape index (κ3) is 6.75. The van der Waals surface area contributed by atoms with Crippen molar-refractivity contribution in [3.63, 3.8) is 0 Å². The summed E-state index contributed by atoms with van der Waals surface area (Å²) in [5.74, 6) is -13.6. The normalized spacial score (nSPS) is 26.8. The third-order valence-electron chi connectivity index (χ3n) is 10.9. The van der Waals surface area contributed by atoms with E-state index in [2.05, 4.69) is 5.32 Å². The zero-order valence-corrected chi connectivity index (χ0v) is 30.9. The molecule has 0 spiro atoms. The number of phenolic OH excluding ortho intramolecular Hbond substituents is 1. The van der Waals surface area contributed by atoms with Gasteiger partial charge in [-0.25, -0.2) is 4.79 Å². The second-order valence-corrected chi connectivity index (χ2v) is 15.8. The molecule has 0 radical (unpaired) electrons. The molecule has 3 saturated carbocycles. The third-order valence-corrected chi connectivity index (χ3v) is 10.9. The number of phenols is 1. The number of nitrogens with zero attached hydrogens (tertiary/aromatic N) is 3. The van der Waals surface area contributed by atoms with Gasteiger partial charge in [0.25, 0.3) is 0 Å². The maximum absolute atomic E-state index is 14.3. The number of nitrogens with two attached hydrogens (primary N) is 1. The lowest BCUT2D eigenvalue weighted by Crippen LogP contribution is -2.74. The molecule has 3 fully saturated rings. The summed E-state index contributed by atoms with van der Waals surface area (Å²) in [7, 11) is 6.34. The number of hydrogen-bond donors (Lipinski definition) is 4. The van der Waals surface area contributed by atoms with E-state index in [1.807, 2.05) is 0 Å². The number of carbonyl (C=O) groups excluding carboxylic acids is 8. The van der Waals surface area contributed by atoms with E-state index in [9.17, 15) is 48.6 Å². The summed E-state index contributed by atoms with van der Waals surface area (Å²) in [5, 5.41) is 25.9. The van der Waals surface area contributed by atoms with Gasteiger partial charge in [-0.2, -0.15) is 0 Å². The van der Waals surface area contributed by atoms with Crippen LogP contribution in [0.3, 0.4) is 0 Å². The predicted molar refractivity (Wildman–Crippen MR) is 186 cm³/mol. The first kappa shape index (κ1) is 39.3. The van der Waals surface area contributed by atoms with Crippen LogP contribution in [-0.2, 0) is 44.7 Å². The van der Waals surface area contributed by atoms with E-state index in [0.29, 0.717) is 24.1 Å². The van der Waals surface area contributed by atoms with E-state index in [1.54, 1.807) is 39.8 Å². The summed E-state index contributed by atoms with van der Waals surface area (Å²) in [6.07, 6.45) is 1.28. The Morgan fingerprint density at radius 1 is 1.02 bits per heavy atom. The van der Waals surface area contributed by atoms with Crippen LogP contribution in [0.1, 0.15) is 62.4 Å². The van der Waals surface area contributed by atoms with Crippen molar-refractivity contribution >= 4 is 58.4 Å². The Balaban J connectivity index is 1.44. The summed E-state index contributed by atoms with van der Waals surface area (Å²) in [6.45, 7) is 3.73. The topological polar surface area (TPSA) is 243 Å². The number of esters is 1. The molecule has 3 amide bonds. The van der Waals surface area contributed by atoms with Gasteiger partial charge in [0.2, 0.25) is 18.6 Å². The minimum atomic E-state index is -2.89. The van der Waals surface area contributed by atoms with Crippen LogP contribution in [0.25, 0.3) is 0 Å². The number of ketones is 4. The fourth-order valence-corrected chi connectivity index (χ4v) is 8.03. The van der Waals surface area contributed by atoms with Gasteiger partial charge < -0.3 is 35.6 Å². The zero-order valence-electron chi connectivity index (χ0n) is 30.9. The fourth-order valence-electron chi connectivity index (χ4n) is 8.03. The van der Waals surface area contributed by atoms with Crippen LogP contribution >= 0.6 is 0 Å². The molecule has 2 unspecified atom stereocenters. The van der Waals surface area contributed by atoms with Crippen molar-refractivity contribution in [1.29, 1.82) is 0 Å². The monoisotopic (exact) mass is 741 g/mol. The lowest BCUT2D eigenvalue weighted by atomic mass is 9.52. The average Bonchev–Trinajstić information content (AvgIpc) is 3.01. The maximum Gasteiger partial charge on any atom is 0.413 e. The molecule has 288 valence electrons. The highest BCUT2D eigenvalue weighted by atomic mass is 16.7. The number of primary amides is 1. The molecular weight excluding hydrogens is 694 g/mol. The molecule has 4 aliphatic rings. The molecule has 0 heterocycles. The standard InChI is InChI=1S/C36H47N5O12/c1-35(2,3)41(34(50)53-15-52-33(49)16-9-8-10-16)14-22(42)38-20-13-21(39(4)5)18-11-17-12-19-26(40(6)7)29(45)25(32(37)48)31(47)36(19,51)30(46)23(17)28(44)24(18)27(20)43/h13,16-17,19,23,25-26,43,51H,8-12,14-15H2,1-7H3,(H2,37,48)(H,38,42)/t17-,19-,23?,25?,26-,36-/m0/s1. The van der Waals surface area contributed by atoms with Crippen LogP contribution in [0.5, 0.6) is 5.75 Å². The summed E-state index contributed by atoms with van der Waals surface area (Å²) in [5.41, 5.74) is 1.77. The van der Waals surface area contributed by atoms with Gasteiger partial charge in [-0.05, 0) is 78.1 Å². The number of rotatable bonds is 9. The highest BCUT2D eigenvalue weighted by molar-refractivity contribution is 6.32. The van der Waals surface area contributed by atoms with E-state index in [-0.39, 0.29) is 30.0 Å². The number of amides is 3. The highest BCUT2D eigenvalue weighted by Gasteiger charge is 2.69. The molecule has 6 atom stereocenters. The van der Waals surface area contributed by atoms with Gasteiger partial charge in [0.05, 0.1) is 29.1 Å². The van der Waals surface area contributed by atoms with E-state index in [1.165, 1.54) is 25.1 Å². The smallest absolute Gasteiger partial charge is 0.413 e. The first-order valence-electron chi connectivity index (χ1n) is 17.4. The van der Waals surface area contributed by atoms with Crippen molar-refractivity contribution in [3.05, 3.63) is 17.2 Å². The Morgan fingerprint density at radius 3 is 2.19 bits per heavy atom. The molecule has 4 aliphatic carbocycles. The zero-order chi connectivity index (χ0) is 39.5. The van der Waals surface area contributed by atoms with Gasteiger partial charge >= 0.3 is 12.1 Å². The van der Waals surface area contributed by atoms with Crippen molar-refractivity contribution in [3.8, 4) is 5.75 Å². The van der Waals surface area contributed by atoms with Crippen molar-refractivity contribution < 1.29 is 58.0 Å². The van der Waals surface area contributed by atoms with E-state index in [0.717, 1.165) is 11.3 Å². The van der Waals surface area contributed by atoms with Gasteiger partial charge in [0.15, 0.2) is 34.7 Å². The number of ether oxygens (including phenoxy) is 2. The molecule has 5 N–H and O–H groups in total. The van der Waals surface area contributed by atoms with E-state index >= 15 is 0 Å². The van der Waals surface area contributed by atoms with Crippen LogP contribution in [0.4, 0.5) is 16.2 Å². The number of anilines is 2. The quantitative estimate of drug-likeness (QED) is 0.116. The van der Waals surface area contributed by atoms with Gasteiger partial charge in [-0.3, -0.25) is 43.4 Å². The van der Waals surface area contributed by atoms with Gasteiger partial charge in [-0.1, -0.05) is 6.42 Å². The summed E-state index contributed by atoms with van der Waals surface area (Å²) in [6, 6.07) is 0.205. The number of carbonyl (C=O) groups is 8. The Hall–Kier alpha value is -4.90. The van der Waals surface area contributed by atoms with Gasteiger partial charge in [-0.15, -0.1) is 0 Å². The molecule has 5 rings (SSSR count). The average molecular weight is 742 g/mol. The Labute approximate surface area is 306 Å². The van der Waals surface area contributed by atoms with Crippen molar-refractivity contribution in [2.24, 2.45) is 35.3 Å². The molecule has 0 saturated heterocycles. The molecule has 1 aromatic rings. The number of aromatic hydroxyl groups is 1. The largest absolute Gasteiger partial charge is 0.505 e. The Bertz CT molecular complexity index is 1780. The number of Topliss-reactive ketones (excluding diaryl/α,β-unsaturated/α-hetero) is 4. The number of nitrogens with one attached hydrogen (secondary N) is 1. The van der Waals surface area contributed by atoms with Gasteiger partial charge in [0.1, 0.15) is 12.3 Å². The minimum absolute atomic E-state index is 0.0239. The molecule has 0 aliphatic heterocycles.